The van der Waals surface area contributed by atoms with E-state index in [4.69, 9.17) is 9.84 Å². The zero-order chi connectivity index (χ0) is 12.8. The van der Waals surface area contributed by atoms with Gasteiger partial charge < -0.3 is 15.2 Å². The largest absolute Gasteiger partial charge is 0.481 e. The lowest BCUT2D eigenvalue weighted by Crippen LogP contribution is -2.42. The average Bonchev–Trinajstić information content (AvgIpc) is 2.28. The quantitative estimate of drug-likeness (QED) is 0.870. The van der Waals surface area contributed by atoms with Crippen LogP contribution in [0, 0.1) is 0 Å². The normalized spacial score (nSPS) is 13.9. The molecule has 2 unspecified atom stereocenters. The molecule has 2 N–H and O–H groups in total. The Morgan fingerprint density at radius 2 is 2.24 bits per heavy atom. The summed E-state index contributed by atoms with van der Waals surface area (Å²) in [6.45, 7) is 3.30. The Hall–Kier alpha value is -1.07. The van der Waals surface area contributed by atoms with Crippen molar-refractivity contribution in [2.75, 3.05) is 6.61 Å². The van der Waals surface area contributed by atoms with E-state index < -0.39 is 6.10 Å². The van der Waals surface area contributed by atoms with Crippen LogP contribution in [0.1, 0.15) is 13.8 Å². The molecule has 0 heterocycles. The minimum Gasteiger partial charge on any atom is -0.481 e. The number of nitrogens with one attached hydrogen (secondary N) is 1. The van der Waals surface area contributed by atoms with Crippen LogP contribution in [-0.2, 0) is 4.79 Å². The van der Waals surface area contributed by atoms with Gasteiger partial charge in [-0.15, -0.1) is 0 Å². The number of benzene rings is 1. The summed E-state index contributed by atoms with van der Waals surface area (Å²) in [5.41, 5.74) is 0. The number of carbonyl (C=O) groups excluding carboxylic acids is 1. The summed E-state index contributed by atoms with van der Waals surface area (Å²) in [5.74, 6) is 0.380. The molecule has 2 atom stereocenters. The first-order chi connectivity index (χ1) is 8.02. The van der Waals surface area contributed by atoms with Crippen molar-refractivity contribution in [1.29, 1.82) is 0 Å². The highest BCUT2D eigenvalue weighted by atomic mass is 79.9. The van der Waals surface area contributed by atoms with Gasteiger partial charge in [0.1, 0.15) is 5.75 Å². The maximum absolute atomic E-state index is 11.6. The molecule has 0 saturated heterocycles. The Balaban J connectivity index is 2.54. The van der Waals surface area contributed by atoms with Gasteiger partial charge in [0.25, 0.3) is 5.91 Å². The van der Waals surface area contributed by atoms with Crippen molar-refractivity contribution >= 4 is 21.8 Å². The van der Waals surface area contributed by atoms with Crippen LogP contribution in [0.4, 0.5) is 0 Å². The van der Waals surface area contributed by atoms with Crippen LogP contribution in [-0.4, -0.2) is 29.8 Å². The summed E-state index contributed by atoms with van der Waals surface area (Å²) in [4.78, 5) is 11.6. The molecule has 0 radical (unpaired) electrons. The molecule has 1 amide bonds. The molecule has 0 aliphatic carbocycles. The molecular formula is C12H16BrNO3. The van der Waals surface area contributed by atoms with Crippen molar-refractivity contribution < 1.29 is 14.6 Å². The van der Waals surface area contributed by atoms with Gasteiger partial charge >= 0.3 is 0 Å². The van der Waals surface area contributed by atoms with Gasteiger partial charge in [0.15, 0.2) is 6.10 Å². The molecule has 5 heteroatoms. The van der Waals surface area contributed by atoms with Crippen molar-refractivity contribution in [3.63, 3.8) is 0 Å². The summed E-state index contributed by atoms with van der Waals surface area (Å²) in [6, 6.07) is 7.02. The maximum Gasteiger partial charge on any atom is 0.261 e. The molecule has 0 spiro atoms. The number of amides is 1. The van der Waals surface area contributed by atoms with E-state index in [1.807, 2.05) is 12.1 Å². The number of hydrogen-bond acceptors (Lipinski definition) is 3. The molecule has 94 valence electrons. The Morgan fingerprint density at radius 1 is 1.53 bits per heavy atom. The first kappa shape index (κ1) is 14.0. The lowest BCUT2D eigenvalue weighted by atomic mass is 10.3. The molecule has 0 saturated carbocycles. The predicted octanol–water partition coefficient (Wildman–Crippen LogP) is 1.71. The zero-order valence-electron chi connectivity index (χ0n) is 9.81. The monoisotopic (exact) mass is 301 g/mol. The molecule has 1 aromatic carbocycles. The van der Waals surface area contributed by atoms with Gasteiger partial charge in [0, 0.05) is 10.5 Å². The predicted molar refractivity (Wildman–Crippen MR) is 68.9 cm³/mol. The van der Waals surface area contributed by atoms with Gasteiger partial charge in [-0.2, -0.15) is 0 Å². The molecule has 4 nitrogen and oxygen atoms in total. The SMILES string of the molecule is CC(CO)NC(=O)C(C)Oc1cccc(Br)c1. The third kappa shape index (κ3) is 4.75. The fourth-order valence-electron chi connectivity index (χ4n) is 1.20. The van der Waals surface area contributed by atoms with Crippen LogP contribution in [0.2, 0.25) is 0 Å². The van der Waals surface area contributed by atoms with E-state index in [0.717, 1.165) is 4.47 Å². The smallest absolute Gasteiger partial charge is 0.261 e. The number of rotatable bonds is 5. The molecule has 1 rings (SSSR count). The van der Waals surface area contributed by atoms with Crippen LogP contribution in [0.15, 0.2) is 28.7 Å². The standard InChI is InChI=1S/C12H16BrNO3/c1-8(7-15)14-12(16)9(2)17-11-5-3-4-10(13)6-11/h3-6,8-9,15H,7H2,1-2H3,(H,14,16). The van der Waals surface area contributed by atoms with Gasteiger partial charge in [0.05, 0.1) is 6.61 Å². The number of ether oxygens (including phenoxy) is 1. The average molecular weight is 302 g/mol. The van der Waals surface area contributed by atoms with E-state index in [9.17, 15) is 4.79 Å². The van der Waals surface area contributed by atoms with Crippen LogP contribution in [0.25, 0.3) is 0 Å². The molecule has 0 aromatic heterocycles. The lowest BCUT2D eigenvalue weighted by molar-refractivity contribution is -0.128. The molecule has 0 aliphatic rings. The van der Waals surface area contributed by atoms with Crippen LogP contribution in [0.3, 0.4) is 0 Å². The molecular weight excluding hydrogens is 286 g/mol. The third-order valence-corrected chi connectivity index (χ3v) is 2.63. The molecule has 17 heavy (non-hydrogen) atoms. The summed E-state index contributed by atoms with van der Waals surface area (Å²) in [6.07, 6.45) is -0.599. The number of hydrogen-bond donors (Lipinski definition) is 2. The van der Waals surface area contributed by atoms with E-state index >= 15 is 0 Å². The number of aliphatic hydroxyl groups excluding tert-OH is 1. The van der Waals surface area contributed by atoms with Crippen LogP contribution < -0.4 is 10.1 Å². The molecule has 0 fully saturated rings. The van der Waals surface area contributed by atoms with Crippen molar-refractivity contribution in [3.05, 3.63) is 28.7 Å². The lowest BCUT2D eigenvalue weighted by Gasteiger charge is -2.17. The highest BCUT2D eigenvalue weighted by Gasteiger charge is 2.16. The third-order valence-electron chi connectivity index (χ3n) is 2.14. The van der Waals surface area contributed by atoms with Gasteiger partial charge in [-0.05, 0) is 32.0 Å². The van der Waals surface area contributed by atoms with Crippen LogP contribution in [0.5, 0.6) is 5.75 Å². The zero-order valence-corrected chi connectivity index (χ0v) is 11.4. The van der Waals surface area contributed by atoms with Gasteiger partial charge in [0.2, 0.25) is 0 Å². The molecule has 1 aromatic rings. The Labute approximate surface area is 109 Å². The van der Waals surface area contributed by atoms with E-state index in [2.05, 4.69) is 21.2 Å². The van der Waals surface area contributed by atoms with Crippen molar-refractivity contribution in [3.8, 4) is 5.75 Å². The highest BCUT2D eigenvalue weighted by molar-refractivity contribution is 9.10. The topological polar surface area (TPSA) is 58.6 Å². The van der Waals surface area contributed by atoms with Crippen LogP contribution >= 0.6 is 15.9 Å². The van der Waals surface area contributed by atoms with Gasteiger partial charge in [-0.1, -0.05) is 22.0 Å². The fraction of sp³-hybridized carbons (Fsp3) is 0.417. The van der Waals surface area contributed by atoms with E-state index in [1.54, 1.807) is 26.0 Å². The Kier molecular flexibility index (Phi) is 5.44. The minimum atomic E-state index is -0.599. The van der Waals surface area contributed by atoms with E-state index in [-0.39, 0.29) is 18.6 Å². The number of halogens is 1. The maximum atomic E-state index is 11.6. The van der Waals surface area contributed by atoms with E-state index in [0.29, 0.717) is 5.75 Å². The molecule has 0 aliphatic heterocycles. The summed E-state index contributed by atoms with van der Waals surface area (Å²) < 4.78 is 6.37. The Bertz CT molecular complexity index is 384. The first-order valence-electron chi connectivity index (χ1n) is 5.36. The Morgan fingerprint density at radius 3 is 2.82 bits per heavy atom. The number of aliphatic hydroxyl groups is 1. The van der Waals surface area contributed by atoms with Gasteiger partial charge in [-0.3, -0.25) is 4.79 Å². The second kappa shape index (κ2) is 6.61. The summed E-state index contributed by atoms with van der Waals surface area (Å²) >= 11 is 3.33. The summed E-state index contributed by atoms with van der Waals surface area (Å²) in [7, 11) is 0. The fourth-order valence-corrected chi connectivity index (χ4v) is 1.58. The van der Waals surface area contributed by atoms with E-state index in [1.165, 1.54) is 0 Å². The first-order valence-corrected chi connectivity index (χ1v) is 6.15. The number of carbonyl (C=O) groups is 1. The van der Waals surface area contributed by atoms with Crippen molar-refractivity contribution in [1.82, 2.24) is 5.32 Å². The minimum absolute atomic E-state index is 0.0880. The second-order valence-electron chi connectivity index (χ2n) is 3.81. The second-order valence-corrected chi connectivity index (χ2v) is 4.73. The molecule has 0 bridgehead atoms. The van der Waals surface area contributed by atoms with Crippen molar-refractivity contribution in [2.24, 2.45) is 0 Å². The van der Waals surface area contributed by atoms with Gasteiger partial charge in [-0.25, -0.2) is 0 Å². The highest BCUT2D eigenvalue weighted by Crippen LogP contribution is 2.18. The summed E-state index contributed by atoms with van der Waals surface area (Å²) in [5, 5.41) is 11.5. The van der Waals surface area contributed by atoms with Crippen molar-refractivity contribution in [2.45, 2.75) is 26.0 Å².